The molecule has 0 spiro atoms. The van der Waals surface area contributed by atoms with Gasteiger partial charge in [0.15, 0.2) is 0 Å². The molecular weight excluding hydrogens is 534 g/mol. The largest absolute Gasteiger partial charge is 0.309 e. The summed E-state index contributed by atoms with van der Waals surface area (Å²) in [5.74, 6) is 7.46. The second-order valence-corrected chi connectivity index (χ2v) is 12.1. The molecule has 8 rings (SSSR count). The quantitative estimate of drug-likeness (QED) is 0.199. The van der Waals surface area contributed by atoms with Crippen LogP contribution in [0.1, 0.15) is 43.4 Å². The van der Waals surface area contributed by atoms with E-state index in [1.165, 1.54) is 44.2 Å². The van der Waals surface area contributed by atoms with Crippen molar-refractivity contribution in [2.24, 2.45) is 16.8 Å². The number of rotatable bonds is 4. The van der Waals surface area contributed by atoms with Gasteiger partial charge in [-0.05, 0) is 95.5 Å². The van der Waals surface area contributed by atoms with Crippen molar-refractivity contribution in [2.45, 2.75) is 32.2 Å². The van der Waals surface area contributed by atoms with Gasteiger partial charge < -0.3 is 4.57 Å². The number of allylic oxidation sites excluding steroid dienone is 8. The van der Waals surface area contributed by atoms with Gasteiger partial charge in [-0.1, -0.05) is 85.5 Å². The summed E-state index contributed by atoms with van der Waals surface area (Å²) in [6.07, 6.45) is 19.8. The van der Waals surface area contributed by atoms with Crippen molar-refractivity contribution in [3.8, 4) is 23.0 Å². The molecule has 212 valence electrons. The van der Waals surface area contributed by atoms with E-state index in [4.69, 9.17) is 9.98 Å². The highest BCUT2D eigenvalue weighted by molar-refractivity contribution is 6.10. The Morgan fingerprint density at radius 2 is 1.59 bits per heavy atom. The smallest absolute Gasteiger partial charge is 0.0781 e. The molecule has 3 aliphatic rings. The summed E-state index contributed by atoms with van der Waals surface area (Å²) in [5.41, 5.74) is 10.7. The molecule has 0 N–H and O–H groups in total. The van der Waals surface area contributed by atoms with E-state index in [9.17, 15) is 0 Å². The first-order valence-electron chi connectivity index (χ1n) is 15.6. The number of hydrogen-bond acceptors (Lipinski definition) is 2. The van der Waals surface area contributed by atoms with Crippen molar-refractivity contribution in [1.82, 2.24) is 9.55 Å². The normalized spacial score (nSPS) is 21.8. The van der Waals surface area contributed by atoms with Gasteiger partial charge in [-0.3, -0.25) is 9.98 Å². The Bertz CT molecular complexity index is 2090. The van der Waals surface area contributed by atoms with E-state index < -0.39 is 0 Å². The van der Waals surface area contributed by atoms with Gasteiger partial charge in [0.05, 0.1) is 17.1 Å². The van der Waals surface area contributed by atoms with Crippen molar-refractivity contribution in [2.75, 3.05) is 0 Å². The lowest BCUT2D eigenvalue weighted by atomic mass is 9.76. The highest BCUT2D eigenvalue weighted by Gasteiger charge is 2.31. The van der Waals surface area contributed by atoms with Crippen LogP contribution < -0.4 is 0 Å². The van der Waals surface area contributed by atoms with Gasteiger partial charge in [-0.2, -0.15) is 0 Å². The summed E-state index contributed by atoms with van der Waals surface area (Å²) in [4.78, 5) is 9.88. The van der Waals surface area contributed by atoms with E-state index in [0.29, 0.717) is 11.8 Å². The fourth-order valence-corrected chi connectivity index (χ4v) is 7.05. The molecule has 3 unspecified atom stereocenters. The molecule has 2 aliphatic carbocycles. The molecule has 0 fully saturated rings. The Morgan fingerprint density at radius 1 is 0.795 bits per heavy atom. The van der Waals surface area contributed by atoms with E-state index in [-0.39, 0.29) is 6.04 Å². The van der Waals surface area contributed by atoms with Crippen LogP contribution in [0.2, 0.25) is 0 Å². The lowest BCUT2D eigenvalue weighted by Crippen LogP contribution is -2.26. The predicted molar refractivity (Wildman–Crippen MR) is 184 cm³/mol. The third-order valence-corrected chi connectivity index (χ3v) is 9.43. The zero-order valence-corrected chi connectivity index (χ0v) is 24.8. The molecule has 3 nitrogen and oxygen atoms in total. The number of para-hydroxylation sites is 2. The van der Waals surface area contributed by atoms with Crippen LogP contribution in [0.25, 0.3) is 44.2 Å². The zero-order valence-electron chi connectivity index (χ0n) is 24.8. The summed E-state index contributed by atoms with van der Waals surface area (Å²) < 4.78 is 2.37. The van der Waals surface area contributed by atoms with Crippen molar-refractivity contribution < 1.29 is 0 Å². The van der Waals surface area contributed by atoms with Gasteiger partial charge in [0.1, 0.15) is 0 Å². The number of nitrogens with zero attached hydrogens (tertiary/aromatic N) is 3. The van der Waals surface area contributed by atoms with Crippen LogP contribution >= 0.6 is 0 Å². The van der Waals surface area contributed by atoms with Crippen LogP contribution in [0.5, 0.6) is 0 Å². The fourth-order valence-electron chi connectivity index (χ4n) is 7.05. The fraction of sp³-hybridized carbons (Fsp3) is 0.171. The molecule has 5 aromatic rings. The highest BCUT2D eigenvalue weighted by Crippen LogP contribution is 2.40. The molecule has 3 heteroatoms. The summed E-state index contributed by atoms with van der Waals surface area (Å²) in [5, 5.41) is 2.55. The molecule has 1 aliphatic heterocycles. The number of hydrogen-bond donors (Lipinski definition) is 0. The average Bonchev–Trinajstić information content (AvgIpc) is 3.19. The van der Waals surface area contributed by atoms with E-state index in [1.54, 1.807) is 0 Å². The minimum Gasteiger partial charge on any atom is -0.309 e. The van der Waals surface area contributed by atoms with Gasteiger partial charge in [0.25, 0.3) is 0 Å². The van der Waals surface area contributed by atoms with Crippen LogP contribution in [0.4, 0.5) is 0 Å². The predicted octanol–water partition coefficient (Wildman–Crippen LogP) is 9.84. The van der Waals surface area contributed by atoms with Crippen LogP contribution in [0, 0.1) is 23.7 Å². The van der Waals surface area contributed by atoms with Crippen LogP contribution in [-0.4, -0.2) is 15.3 Å². The third-order valence-electron chi connectivity index (χ3n) is 9.43. The Kier molecular flexibility index (Phi) is 6.69. The van der Waals surface area contributed by atoms with Gasteiger partial charge >= 0.3 is 0 Å². The molecule has 2 bridgehead atoms. The van der Waals surface area contributed by atoms with E-state index in [1.807, 2.05) is 18.5 Å². The number of pyridine rings is 1. The number of aliphatic imine (C=N–C) groups is 1. The lowest BCUT2D eigenvalue weighted by Gasteiger charge is -2.33. The number of fused-ring (bicyclic) bond motifs is 5. The van der Waals surface area contributed by atoms with Crippen LogP contribution in [0.15, 0.2) is 133 Å². The van der Waals surface area contributed by atoms with Gasteiger partial charge in [0.2, 0.25) is 0 Å². The van der Waals surface area contributed by atoms with E-state index >= 15 is 0 Å². The molecule has 3 atom stereocenters. The average molecular weight is 568 g/mol. The maximum Gasteiger partial charge on any atom is 0.0781 e. The minimum atomic E-state index is 0.142. The Labute approximate surface area is 258 Å². The van der Waals surface area contributed by atoms with Crippen LogP contribution in [-0.2, 0) is 0 Å². The molecule has 44 heavy (non-hydrogen) atoms. The van der Waals surface area contributed by atoms with Crippen LogP contribution in [0.3, 0.4) is 0 Å². The second-order valence-electron chi connectivity index (χ2n) is 12.1. The van der Waals surface area contributed by atoms with Crippen molar-refractivity contribution in [3.05, 3.63) is 139 Å². The number of benzene rings is 3. The highest BCUT2D eigenvalue weighted by atomic mass is 15.0. The summed E-state index contributed by atoms with van der Waals surface area (Å²) in [7, 11) is 0. The van der Waals surface area contributed by atoms with E-state index in [2.05, 4.69) is 133 Å². The van der Waals surface area contributed by atoms with Crippen molar-refractivity contribution in [1.29, 1.82) is 0 Å². The molecule has 2 aromatic heterocycles. The minimum absolute atomic E-state index is 0.142. The standard InChI is InChI=1S/C41H33N3/c1-28-30-11-3-2-4-15-35(25-30)43-41(28)32-14-9-13-31(23-32)34-24-33(26-42-27-34)29-12-10-16-36(22-21-29)44-39-19-7-5-17-37(39)38-18-6-8-20-40(38)44/h4-10,13-24,26-28,30,41H,11-12,25H2,1H3/b15-4-. The van der Waals surface area contributed by atoms with E-state index in [0.717, 1.165) is 36.1 Å². The van der Waals surface area contributed by atoms with Gasteiger partial charge in [-0.15, -0.1) is 0 Å². The summed E-state index contributed by atoms with van der Waals surface area (Å²) >= 11 is 0. The maximum absolute atomic E-state index is 5.18. The molecular formula is C41H33N3. The molecule has 3 heterocycles. The first-order valence-corrected chi connectivity index (χ1v) is 15.6. The maximum atomic E-state index is 5.18. The molecule has 0 amide bonds. The summed E-state index contributed by atoms with van der Waals surface area (Å²) in [6, 6.07) is 28.6. The van der Waals surface area contributed by atoms with Gasteiger partial charge in [-0.25, -0.2) is 0 Å². The Morgan fingerprint density at radius 3 is 2.43 bits per heavy atom. The SMILES string of the molecule is CC1C2CC#C/C=C\C(=NC1c1cccc(-c3cncc(C4=CC=C(n5c6ccccc6c6ccccc65)C=CC4)c3)c1)C2. The second kappa shape index (κ2) is 11.1. The first kappa shape index (κ1) is 26.4. The Balaban J connectivity index is 1.13. The number of aromatic nitrogens is 2. The first-order chi connectivity index (χ1) is 21.7. The molecule has 0 saturated carbocycles. The molecule has 0 radical (unpaired) electrons. The molecule has 0 saturated heterocycles. The molecule has 3 aromatic carbocycles. The lowest BCUT2D eigenvalue weighted by molar-refractivity contribution is 0.304. The summed E-state index contributed by atoms with van der Waals surface area (Å²) in [6.45, 7) is 2.34. The topological polar surface area (TPSA) is 30.2 Å². The third kappa shape index (κ3) is 4.74. The Hall–Kier alpha value is -5.20. The van der Waals surface area contributed by atoms with Gasteiger partial charge in [0, 0.05) is 46.6 Å². The monoisotopic (exact) mass is 567 g/mol. The van der Waals surface area contributed by atoms with Crippen molar-refractivity contribution >= 4 is 38.8 Å². The zero-order chi connectivity index (χ0) is 29.5. The van der Waals surface area contributed by atoms with Crippen molar-refractivity contribution in [3.63, 3.8) is 0 Å².